The molecule has 0 aliphatic carbocycles. The number of likely N-dealkylation sites (N-methyl/N-ethyl adjacent to an activating group) is 1. The summed E-state index contributed by atoms with van der Waals surface area (Å²) in [5.74, 6) is -0.163. The van der Waals surface area contributed by atoms with E-state index in [1.165, 1.54) is 0 Å². The molecular weight excluding hydrogens is 322 g/mol. The summed E-state index contributed by atoms with van der Waals surface area (Å²) >= 11 is 0. The molecular formula is C17H19N5O3. The third kappa shape index (κ3) is 2.89. The average molecular weight is 341 g/mol. The molecule has 8 heteroatoms. The topological polar surface area (TPSA) is 91.4 Å². The Morgan fingerprint density at radius 3 is 3.12 bits per heavy atom. The van der Waals surface area contributed by atoms with Crippen LogP contribution >= 0.6 is 0 Å². The zero-order chi connectivity index (χ0) is 17.4. The number of morpholine rings is 1. The monoisotopic (exact) mass is 341 g/mol. The molecule has 2 aliphatic rings. The number of nitrogens with zero attached hydrogens (tertiary/aromatic N) is 4. The van der Waals surface area contributed by atoms with Gasteiger partial charge < -0.3 is 14.5 Å². The molecule has 2 fully saturated rings. The van der Waals surface area contributed by atoms with Gasteiger partial charge in [-0.1, -0.05) is 0 Å². The Hall–Kier alpha value is -2.74. The number of H-pyrrole nitrogens is 1. The molecule has 130 valence electrons. The number of likely N-dealkylation sites (tertiary alicyclic amines) is 1. The van der Waals surface area contributed by atoms with E-state index in [1.54, 1.807) is 35.3 Å². The fourth-order valence-corrected chi connectivity index (χ4v) is 3.39. The maximum atomic E-state index is 12.8. The van der Waals surface area contributed by atoms with E-state index in [1.807, 2.05) is 12.1 Å². The molecule has 2 atom stereocenters. The second kappa shape index (κ2) is 6.29. The largest absolute Gasteiger partial charge is 0.366 e. The summed E-state index contributed by atoms with van der Waals surface area (Å²) in [6.07, 6.45) is 4.11. The number of hydrogen-bond donors (Lipinski definition) is 1. The van der Waals surface area contributed by atoms with Crippen LogP contribution in [0.15, 0.2) is 30.6 Å². The van der Waals surface area contributed by atoms with Crippen molar-refractivity contribution in [2.45, 2.75) is 18.6 Å². The lowest BCUT2D eigenvalue weighted by atomic mass is 9.98. The van der Waals surface area contributed by atoms with Crippen molar-refractivity contribution in [1.82, 2.24) is 25.0 Å². The molecule has 2 saturated heterocycles. The maximum Gasteiger partial charge on any atom is 0.271 e. The first-order chi connectivity index (χ1) is 12.1. The molecule has 8 nitrogen and oxygen atoms in total. The number of carbonyl (C=O) groups is 2. The minimum Gasteiger partial charge on any atom is -0.366 e. The van der Waals surface area contributed by atoms with E-state index in [0.29, 0.717) is 24.5 Å². The highest BCUT2D eigenvalue weighted by atomic mass is 16.5. The van der Waals surface area contributed by atoms with Crippen LogP contribution in [0.5, 0.6) is 0 Å². The fraction of sp³-hybridized carbons (Fsp3) is 0.412. The average Bonchev–Trinajstić information content (AvgIpc) is 3.15. The molecule has 4 heterocycles. The number of carbonyl (C=O) groups excluding carboxylic acids is 2. The Bertz CT molecular complexity index is 791. The lowest BCUT2D eigenvalue weighted by Gasteiger charge is -2.45. The van der Waals surface area contributed by atoms with Gasteiger partial charge in [0.15, 0.2) is 0 Å². The normalized spacial score (nSPS) is 23.5. The van der Waals surface area contributed by atoms with Crippen LogP contribution in [0.3, 0.4) is 0 Å². The Morgan fingerprint density at radius 2 is 2.32 bits per heavy atom. The number of amides is 2. The van der Waals surface area contributed by atoms with Crippen LogP contribution in [0.25, 0.3) is 11.3 Å². The number of hydrogen-bond acceptors (Lipinski definition) is 5. The third-order valence-corrected chi connectivity index (χ3v) is 4.88. The lowest BCUT2D eigenvalue weighted by molar-refractivity contribution is -0.159. The van der Waals surface area contributed by atoms with Crippen LogP contribution in [0, 0.1) is 0 Å². The van der Waals surface area contributed by atoms with Crippen LogP contribution in [-0.2, 0) is 9.53 Å². The van der Waals surface area contributed by atoms with Gasteiger partial charge in [-0.05, 0) is 24.6 Å². The van der Waals surface area contributed by atoms with Crippen molar-refractivity contribution in [2.75, 3.05) is 26.7 Å². The predicted octanol–water partition coefficient (Wildman–Crippen LogP) is 0.543. The summed E-state index contributed by atoms with van der Waals surface area (Å²) in [5, 5.41) is 7.02. The Balaban J connectivity index is 1.50. The molecule has 2 amide bonds. The van der Waals surface area contributed by atoms with Gasteiger partial charge in [0, 0.05) is 38.1 Å². The first-order valence-electron chi connectivity index (χ1n) is 8.26. The SMILES string of the molecule is CN1C(=O)CO[C@H]2CCN(C(=O)c3cc(-c4cccnc4)n[nH]3)C[C@@H]21. The standard InChI is InChI=1S/C17H19N5O3/c1-21-14-9-22(6-4-15(14)25-10-16(21)23)17(24)13-7-12(19-20-13)11-3-2-5-18-8-11/h2-3,5,7-8,14-15H,4,6,9-10H2,1H3,(H,19,20)/t14-,15-/m0/s1. The molecule has 0 bridgehead atoms. The van der Waals surface area contributed by atoms with E-state index < -0.39 is 0 Å². The van der Waals surface area contributed by atoms with Gasteiger partial charge in [0.1, 0.15) is 12.3 Å². The number of aromatic nitrogens is 3. The van der Waals surface area contributed by atoms with Gasteiger partial charge in [-0.3, -0.25) is 19.7 Å². The maximum absolute atomic E-state index is 12.8. The summed E-state index contributed by atoms with van der Waals surface area (Å²) < 4.78 is 5.60. The van der Waals surface area contributed by atoms with Gasteiger partial charge in [0.25, 0.3) is 5.91 Å². The van der Waals surface area contributed by atoms with E-state index >= 15 is 0 Å². The van der Waals surface area contributed by atoms with E-state index in [-0.39, 0.29) is 30.6 Å². The van der Waals surface area contributed by atoms with Gasteiger partial charge >= 0.3 is 0 Å². The fourth-order valence-electron chi connectivity index (χ4n) is 3.39. The van der Waals surface area contributed by atoms with Gasteiger partial charge in [-0.15, -0.1) is 0 Å². The van der Waals surface area contributed by atoms with Crippen molar-refractivity contribution in [1.29, 1.82) is 0 Å². The van der Waals surface area contributed by atoms with Gasteiger partial charge in [-0.2, -0.15) is 5.10 Å². The number of rotatable bonds is 2. The Morgan fingerprint density at radius 1 is 1.44 bits per heavy atom. The van der Waals surface area contributed by atoms with Crippen molar-refractivity contribution in [3.05, 3.63) is 36.3 Å². The minimum absolute atomic E-state index is 0.000490. The van der Waals surface area contributed by atoms with Crippen LogP contribution in [0.4, 0.5) is 0 Å². The van der Waals surface area contributed by atoms with E-state index in [2.05, 4.69) is 15.2 Å². The molecule has 0 radical (unpaired) electrons. The highest BCUT2D eigenvalue weighted by molar-refractivity contribution is 5.93. The molecule has 2 aromatic heterocycles. The molecule has 2 aromatic rings. The Kier molecular flexibility index (Phi) is 3.96. The summed E-state index contributed by atoms with van der Waals surface area (Å²) in [7, 11) is 1.77. The highest BCUT2D eigenvalue weighted by Gasteiger charge is 2.40. The second-order valence-corrected chi connectivity index (χ2v) is 6.37. The lowest BCUT2D eigenvalue weighted by Crippen LogP contribution is -2.61. The van der Waals surface area contributed by atoms with Crippen LogP contribution in [-0.4, -0.2) is 75.7 Å². The van der Waals surface area contributed by atoms with Crippen molar-refractivity contribution in [3.63, 3.8) is 0 Å². The zero-order valence-electron chi connectivity index (χ0n) is 13.9. The molecule has 2 aliphatic heterocycles. The second-order valence-electron chi connectivity index (χ2n) is 6.37. The first kappa shape index (κ1) is 15.8. The van der Waals surface area contributed by atoms with Crippen molar-refractivity contribution < 1.29 is 14.3 Å². The molecule has 0 spiro atoms. The summed E-state index contributed by atoms with van der Waals surface area (Å²) in [5.41, 5.74) is 1.96. The zero-order valence-corrected chi connectivity index (χ0v) is 13.9. The quantitative estimate of drug-likeness (QED) is 0.861. The van der Waals surface area contributed by atoms with Crippen LogP contribution in [0.1, 0.15) is 16.9 Å². The van der Waals surface area contributed by atoms with Crippen LogP contribution in [0.2, 0.25) is 0 Å². The number of fused-ring (bicyclic) bond motifs is 1. The first-order valence-corrected chi connectivity index (χ1v) is 8.26. The smallest absolute Gasteiger partial charge is 0.271 e. The summed E-state index contributed by atoms with van der Waals surface area (Å²) in [6, 6.07) is 5.35. The number of piperidine rings is 1. The number of ether oxygens (including phenoxy) is 1. The van der Waals surface area contributed by atoms with Crippen molar-refractivity contribution in [3.8, 4) is 11.3 Å². The third-order valence-electron chi connectivity index (χ3n) is 4.88. The van der Waals surface area contributed by atoms with Crippen molar-refractivity contribution >= 4 is 11.8 Å². The van der Waals surface area contributed by atoms with Gasteiger partial charge in [-0.25, -0.2) is 0 Å². The number of nitrogens with one attached hydrogen (secondary N) is 1. The van der Waals surface area contributed by atoms with Crippen LogP contribution < -0.4 is 0 Å². The Labute approximate surface area is 144 Å². The highest BCUT2D eigenvalue weighted by Crippen LogP contribution is 2.24. The molecule has 4 rings (SSSR count). The van der Waals surface area contributed by atoms with E-state index in [4.69, 9.17) is 4.74 Å². The summed E-state index contributed by atoms with van der Waals surface area (Å²) in [6.45, 7) is 1.19. The summed E-state index contributed by atoms with van der Waals surface area (Å²) in [4.78, 5) is 32.1. The van der Waals surface area contributed by atoms with E-state index in [0.717, 1.165) is 12.0 Å². The molecule has 0 saturated carbocycles. The predicted molar refractivity (Wildman–Crippen MR) is 88.6 cm³/mol. The van der Waals surface area contributed by atoms with Gasteiger partial charge in [0.05, 0.1) is 17.8 Å². The molecule has 25 heavy (non-hydrogen) atoms. The molecule has 0 unspecified atom stereocenters. The van der Waals surface area contributed by atoms with Gasteiger partial charge in [0.2, 0.25) is 5.91 Å². The molecule has 1 N–H and O–H groups in total. The molecule has 0 aromatic carbocycles. The minimum atomic E-state index is -0.118. The number of pyridine rings is 1. The van der Waals surface area contributed by atoms with E-state index in [9.17, 15) is 9.59 Å². The van der Waals surface area contributed by atoms with Crippen molar-refractivity contribution in [2.24, 2.45) is 0 Å². The number of aromatic amines is 1.